The van der Waals surface area contributed by atoms with Crippen molar-refractivity contribution < 1.29 is 0 Å². The van der Waals surface area contributed by atoms with Gasteiger partial charge in [-0.2, -0.15) is 0 Å². The van der Waals surface area contributed by atoms with Gasteiger partial charge in [0.1, 0.15) is 0 Å². The molecule has 1 rings (SSSR count). The van der Waals surface area contributed by atoms with E-state index in [1.807, 2.05) is 0 Å². The van der Waals surface area contributed by atoms with Crippen molar-refractivity contribution in [3.63, 3.8) is 0 Å². The van der Waals surface area contributed by atoms with Crippen molar-refractivity contribution in [2.45, 2.75) is 59.0 Å². The molecule has 1 atom stereocenters. The standard InChI is InChI=1S/C13H28N2/c1-11(2)6-7-12(3)15-9-8-14-10-13(15,4)5/h11-12,14H,6-10H2,1-5H3. The Labute approximate surface area is 95.4 Å². The molecule has 15 heavy (non-hydrogen) atoms. The Hall–Kier alpha value is -0.0800. The van der Waals surface area contributed by atoms with Crippen LogP contribution in [0.4, 0.5) is 0 Å². The first kappa shape index (κ1) is 13.0. The number of hydrogen-bond acceptors (Lipinski definition) is 2. The van der Waals surface area contributed by atoms with E-state index >= 15 is 0 Å². The van der Waals surface area contributed by atoms with Crippen LogP contribution in [0.1, 0.15) is 47.5 Å². The summed E-state index contributed by atoms with van der Waals surface area (Å²) in [6.45, 7) is 15.2. The number of nitrogens with zero attached hydrogens (tertiary/aromatic N) is 1. The van der Waals surface area contributed by atoms with Crippen LogP contribution >= 0.6 is 0 Å². The maximum atomic E-state index is 3.48. The molecule has 2 heteroatoms. The Kier molecular flexibility index (Phi) is 4.60. The lowest BCUT2D eigenvalue weighted by atomic mass is 9.95. The van der Waals surface area contributed by atoms with Gasteiger partial charge in [-0.3, -0.25) is 4.90 Å². The predicted octanol–water partition coefficient (Wildman–Crippen LogP) is 2.49. The van der Waals surface area contributed by atoms with Crippen LogP contribution in [0, 0.1) is 5.92 Å². The van der Waals surface area contributed by atoms with Crippen LogP contribution < -0.4 is 5.32 Å². The number of rotatable bonds is 4. The third-order valence-electron chi connectivity index (χ3n) is 3.56. The minimum absolute atomic E-state index is 0.328. The fraction of sp³-hybridized carbons (Fsp3) is 1.00. The summed E-state index contributed by atoms with van der Waals surface area (Å²) in [6.07, 6.45) is 2.68. The highest BCUT2D eigenvalue weighted by molar-refractivity contribution is 4.90. The maximum Gasteiger partial charge on any atom is 0.0281 e. The van der Waals surface area contributed by atoms with Crippen molar-refractivity contribution in [1.29, 1.82) is 0 Å². The van der Waals surface area contributed by atoms with E-state index in [0.717, 1.165) is 25.0 Å². The molecule has 1 aliphatic rings. The Morgan fingerprint density at radius 1 is 1.20 bits per heavy atom. The molecule has 0 aromatic heterocycles. The first-order valence-electron chi connectivity index (χ1n) is 6.41. The van der Waals surface area contributed by atoms with Gasteiger partial charge in [-0.25, -0.2) is 0 Å². The summed E-state index contributed by atoms with van der Waals surface area (Å²) in [6, 6.07) is 0.726. The lowest BCUT2D eigenvalue weighted by Crippen LogP contribution is -2.60. The highest BCUT2D eigenvalue weighted by atomic mass is 15.3. The predicted molar refractivity (Wildman–Crippen MR) is 67.2 cm³/mol. The molecule has 90 valence electrons. The minimum atomic E-state index is 0.328. The van der Waals surface area contributed by atoms with Gasteiger partial charge in [-0.15, -0.1) is 0 Å². The fourth-order valence-corrected chi connectivity index (χ4v) is 2.55. The fourth-order valence-electron chi connectivity index (χ4n) is 2.55. The van der Waals surface area contributed by atoms with Crippen LogP contribution in [0.3, 0.4) is 0 Å². The lowest BCUT2D eigenvalue weighted by Gasteiger charge is -2.46. The first-order chi connectivity index (χ1) is 6.93. The highest BCUT2D eigenvalue weighted by Gasteiger charge is 2.32. The van der Waals surface area contributed by atoms with Gasteiger partial charge >= 0.3 is 0 Å². The quantitative estimate of drug-likeness (QED) is 0.770. The average Bonchev–Trinajstić information content (AvgIpc) is 2.13. The van der Waals surface area contributed by atoms with E-state index in [-0.39, 0.29) is 0 Å². The van der Waals surface area contributed by atoms with Gasteiger partial charge in [0.05, 0.1) is 0 Å². The Morgan fingerprint density at radius 3 is 2.40 bits per heavy atom. The van der Waals surface area contributed by atoms with E-state index < -0.39 is 0 Å². The monoisotopic (exact) mass is 212 g/mol. The van der Waals surface area contributed by atoms with Crippen molar-refractivity contribution in [3.8, 4) is 0 Å². The molecule has 0 saturated carbocycles. The Morgan fingerprint density at radius 2 is 1.87 bits per heavy atom. The van der Waals surface area contributed by atoms with Crippen LogP contribution in [0.15, 0.2) is 0 Å². The van der Waals surface area contributed by atoms with E-state index in [9.17, 15) is 0 Å². The molecule has 0 aliphatic carbocycles. The molecular weight excluding hydrogens is 184 g/mol. The molecule has 1 saturated heterocycles. The zero-order valence-corrected chi connectivity index (χ0v) is 11.1. The first-order valence-corrected chi connectivity index (χ1v) is 6.41. The van der Waals surface area contributed by atoms with Crippen LogP contribution in [0.25, 0.3) is 0 Å². The average molecular weight is 212 g/mol. The smallest absolute Gasteiger partial charge is 0.0281 e. The maximum absolute atomic E-state index is 3.48. The van der Waals surface area contributed by atoms with E-state index in [0.29, 0.717) is 5.54 Å². The van der Waals surface area contributed by atoms with Gasteiger partial charge in [0.25, 0.3) is 0 Å². The third-order valence-corrected chi connectivity index (χ3v) is 3.56. The van der Waals surface area contributed by atoms with Crippen LogP contribution in [0.2, 0.25) is 0 Å². The van der Waals surface area contributed by atoms with Gasteiger partial charge in [0.2, 0.25) is 0 Å². The molecule has 1 heterocycles. The van der Waals surface area contributed by atoms with Crippen molar-refractivity contribution >= 4 is 0 Å². The molecule has 0 aromatic carbocycles. The van der Waals surface area contributed by atoms with Gasteiger partial charge in [0, 0.05) is 31.2 Å². The summed E-state index contributed by atoms with van der Waals surface area (Å²) in [7, 11) is 0. The van der Waals surface area contributed by atoms with E-state index in [2.05, 4.69) is 44.8 Å². The second-order valence-electron chi connectivity index (χ2n) is 6.00. The number of hydrogen-bond donors (Lipinski definition) is 1. The molecule has 1 N–H and O–H groups in total. The zero-order valence-electron chi connectivity index (χ0n) is 11.1. The summed E-state index contributed by atoms with van der Waals surface area (Å²) in [5.41, 5.74) is 0.328. The van der Waals surface area contributed by atoms with Gasteiger partial charge < -0.3 is 5.32 Å². The van der Waals surface area contributed by atoms with Crippen molar-refractivity contribution in [3.05, 3.63) is 0 Å². The van der Waals surface area contributed by atoms with Crippen molar-refractivity contribution in [2.24, 2.45) is 5.92 Å². The van der Waals surface area contributed by atoms with Gasteiger partial charge in [0.15, 0.2) is 0 Å². The molecule has 1 aliphatic heterocycles. The second-order valence-corrected chi connectivity index (χ2v) is 6.00. The second kappa shape index (κ2) is 5.31. The van der Waals surface area contributed by atoms with Crippen molar-refractivity contribution in [2.75, 3.05) is 19.6 Å². The molecular formula is C13H28N2. The number of piperazine rings is 1. The Balaban J connectivity index is 2.45. The lowest BCUT2D eigenvalue weighted by molar-refractivity contribution is 0.0465. The van der Waals surface area contributed by atoms with Gasteiger partial charge in [-0.1, -0.05) is 13.8 Å². The van der Waals surface area contributed by atoms with Crippen LogP contribution in [0.5, 0.6) is 0 Å². The Bertz CT molecular complexity index is 187. The zero-order chi connectivity index (χ0) is 11.5. The van der Waals surface area contributed by atoms with Gasteiger partial charge in [-0.05, 0) is 39.5 Å². The molecule has 2 nitrogen and oxygen atoms in total. The van der Waals surface area contributed by atoms with E-state index in [1.165, 1.54) is 19.4 Å². The molecule has 0 aromatic rings. The summed E-state index contributed by atoms with van der Waals surface area (Å²) in [4.78, 5) is 2.67. The van der Waals surface area contributed by atoms with Crippen molar-refractivity contribution in [1.82, 2.24) is 10.2 Å². The molecule has 1 unspecified atom stereocenters. The summed E-state index contributed by atoms with van der Waals surface area (Å²) >= 11 is 0. The highest BCUT2D eigenvalue weighted by Crippen LogP contribution is 2.22. The summed E-state index contributed by atoms with van der Waals surface area (Å²) < 4.78 is 0. The summed E-state index contributed by atoms with van der Waals surface area (Å²) in [5, 5.41) is 3.48. The SMILES string of the molecule is CC(C)CCC(C)N1CCNCC1(C)C. The molecule has 0 radical (unpaired) electrons. The van der Waals surface area contributed by atoms with E-state index in [1.54, 1.807) is 0 Å². The minimum Gasteiger partial charge on any atom is -0.314 e. The summed E-state index contributed by atoms with van der Waals surface area (Å²) in [5.74, 6) is 0.832. The van der Waals surface area contributed by atoms with Crippen LogP contribution in [-0.2, 0) is 0 Å². The molecule has 0 spiro atoms. The third kappa shape index (κ3) is 3.76. The molecule has 0 amide bonds. The largest absolute Gasteiger partial charge is 0.314 e. The topological polar surface area (TPSA) is 15.3 Å². The molecule has 0 bridgehead atoms. The molecule has 1 fully saturated rings. The van der Waals surface area contributed by atoms with E-state index in [4.69, 9.17) is 0 Å². The number of nitrogens with one attached hydrogen (secondary N) is 1. The van der Waals surface area contributed by atoms with Crippen LogP contribution in [-0.4, -0.2) is 36.1 Å². The normalized spacial score (nSPS) is 24.4.